The zero-order valence-electron chi connectivity index (χ0n) is 12.4. The first-order chi connectivity index (χ1) is 11.2. The van der Waals surface area contributed by atoms with Gasteiger partial charge in [0.15, 0.2) is 0 Å². The number of carbonyl (C=O) groups excluding carboxylic acids is 2. The third-order valence-corrected chi connectivity index (χ3v) is 4.12. The third-order valence-electron chi connectivity index (χ3n) is 4.12. The van der Waals surface area contributed by atoms with Gasteiger partial charge in [-0.25, -0.2) is 0 Å². The normalized spacial score (nSPS) is 19.2. The van der Waals surface area contributed by atoms with Crippen molar-refractivity contribution in [2.45, 2.75) is 12.8 Å². The van der Waals surface area contributed by atoms with Crippen molar-refractivity contribution in [3.63, 3.8) is 0 Å². The first-order valence-electron chi connectivity index (χ1n) is 7.50. The molecule has 4 nitrogen and oxygen atoms in total. The number of amides is 2. The highest BCUT2D eigenvalue weighted by Crippen LogP contribution is 2.29. The highest BCUT2D eigenvalue weighted by Gasteiger charge is 2.26. The number of allylic oxidation sites excluding steroid dienone is 3. The van der Waals surface area contributed by atoms with E-state index in [1.807, 2.05) is 42.5 Å². The van der Waals surface area contributed by atoms with Gasteiger partial charge in [-0.15, -0.1) is 0 Å². The molecule has 1 aromatic carbocycles. The number of aromatic nitrogens is 1. The molecule has 112 valence electrons. The molecule has 2 amide bonds. The second kappa shape index (κ2) is 5.32. The van der Waals surface area contributed by atoms with E-state index in [1.165, 1.54) is 0 Å². The molecule has 23 heavy (non-hydrogen) atoms. The summed E-state index contributed by atoms with van der Waals surface area (Å²) in [6, 6.07) is 9.98. The molecule has 1 aromatic heterocycles. The first-order valence-corrected chi connectivity index (χ1v) is 7.50. The molecule has 1 saturated heterocycles. The Labute approximate surface area is 133 Å². The van der Waals surface area contributed by atoms with Crippen molar-refractivity contribution >= 4 is 28.8 Å². The van der Waals surface area contributed by atoms with Crippen LogP contribution in [0, 0.1) is 0 Å². The Balaban J connectivity index is 1.75. The summed E-state index contributed by atoms with van der Waals surface area (Å²) in [7, 11) is 0. The van der Waals surface area contributed by atoms with Crippen molar-refractivity contribution in [1.82, 2.24) is 10.3 Å². The van der Waals surface area contributed by atoms with E-state index in [1.54, 1.807) is 6.20 Å². The molecule has 0 spiro atoms. The molecule has 2 heterocycles. The Hall–Kier alpha value is -3.01. The standard InChI is InChI=1S/C19H14N2O2/c22-18-11-14-10-12(6-7-16(14)19(23)21-18)9-13-3-1-5-17-15(13)4-2-8-20-17/h1-5,7-10H,6,11H2,(H,21,22,23). The maximum absolute atomic E-state index is 11.8. The summed E-state index contributed by atoms with van der Waals surface area (Å²) in [4.78, 5) is 27.7. The molecule has 1 aliphatic carbocycles. The van der Waals surface area contributed by atoms with Crippen molar-refractivity contribution in [2.75, 3.05) is 0 Å². The zero-order chi connectivity index (χ0) is 15.8. The van der Waals surface area contributed by atoms with E-state index in [0.717, 1.165) is 27.6 Å². The summed E-state index contributed by atoms with van der Waals surface area (Å²) in [5.74, 6) is -0.532. The number of carbonyl (C=O) groups is 2. The van der Waals surface area contributed by atoms with Crippen LogP contribution in [0.15, 0.2) is 65.4 Å². The fourth-order valence-electron chi connectivity index (χ4n) is 3.06. The van der Waals surface area contributed by atoms with Crippen LogP contribution in [0.1, 0.15) is 18.4 Å². The van der Waals surface area contributed by atoms with Crippen molar-refractivity contribution < 1.29 is 9.59 Å². The van der Waals surface area contributed by atoms with Crippen LogP contribution in [0.3, 0.4) is 0 Å². The molecule has 0 saturated carbocycles. The molecular formula is C19H14N2O2. The van der Waals surface area contributed by atoms with Crippen LogP contribution in [0.4, 0.5) is 0 Å². The Kier molecular flexibility index (Phi) is 3.15. The Bertz CT molecular complexity index is 930. The number of hydrogen-bond donors (Lipinski definition) is 1. The lowest BCUT2D eigenvalue weighted by atomic mass is 9.88. The lowest BCUT2D eigenvalue weighted by molar-refractivity contribution is -0.129. The fourth-order valence-corrected chi connectivity index (χ4v) is 3.06. The zero-order valence-corrected chi connectivity index (χ0v) is 12.4. The van der Waals surface area contributed by atoms with Crippen LogP contribution in [0.5, 0.6) is 0 Å². The maximum Gasteiger partial charge on any atom is 0.257 e. The number of pyridine rings is 1. The summed E-state index contributed by atoms with van der Waals surface area (Å²) in [5, 5.41) is 3.44. The molecule has 0 radical (unpaired) electrons. The number of nitrogens with zero attached hydrogens (tertiary/aromatic N) is 1. The summed E-state index contributed by atoms with van der Waals surface area (Å²) >= 11 is 0. The number of hydrogen-bond acceptors (Lipinski definition) is 3. The van der Waals surface area contributed by atoms with Crippen LogP contribution in [0.25, 0.3) is 17.0 Å². The van der Waals surface area contributed by atoms with E-state index in [2.05, 4.69) is 16.4 Å². The van der Waals surface area contributed by atoms with E-state index in [4.69, 9.17) is 0 Å². The quantitative estimate of drug-likeness (QED) is 0.824. The lowest BCUT2D eigenvalue weighted by Crippen LogP contribution is -2.37. The fraction of sp³-hybridized carbons (Fsp3) is 0.105. The lowest BCUT2D eigenvalue weighted by Gasteiger charge is -2.21. The smallest absolute Gasteiger partial charge is 0.257 e. The molecule has 0 bridgehead atoms. The number of imide groups is 1. The molecule has 4 rings (SSSR count). The molecule has 2 aliphatic rings. The van der Waals surface area contributed by atoms with Gasteiger partial charge in [0.1, 0.15) is 0 Å². The van der Waals surface area contributed by atoms with Crippen molar-refractivity contribution in [3.05, 3.63) is 71.0 Å². The van der Waals surface area contributed by atoms with Gasteiger partial charge in [-0.05, 0) is 35.3 Å². The van der Waals surface area contributed by atoms with E-state index in [0.29, 0.717) is 12.0 Å². The molecule has 0 unspecified atom stereocenters. The highest BCUT2D eigenvalue weighted by atomic mass is 16.2. The van der Waals surface area contributed by atoms with E-state index in [9.17, 15) is 9.59 Å². The van der Waals surface area contributed by atoms with Crippen LogP contribution in [-0.4, -0.2) is 16.8 Å². The molecular weight excluding hydrogens is 288 g/mol. The first kappa shape index (κ1) is 13.6. The van der Waals surface area contributed by atoms with Gasteiger partial charge < -0.3 is 0 Å². The van der Waals surface area contributed by atoms with Crippen LogP contribution in [0.2, 0.25) is 0 Å². The molecule has 1 N–H and O–H groups in total. The number of rotatable bonds is 1. The molecule has 0 atom stereocenters. The van der Waals surface area contributed by atoms with Gasteiger partial charge in [0.05, 0.1) is 11.9 Å². The minimum Gasteiger partial charge on any atom is -0.292 e. The summed E-state index contributed by atoms with van der Waals surface area (Å²) in [5.41, 5.74) is 4.55. The van der Waals surface area contributed by atoms with E-state index >= 15 is 0 Å². The van der Waals surface area contributed by atoms with Gasteiger partial charge in [0.25, 0.3) is 5.91 Å². The average molecular weight is 302 g/mol. The van der Waals surface area contributed by atoms with Gasteiger partial charge in [-0.2, -0.15) is 0 Å². The predicted molar refractivity (Wildman–Crippen MR) is 88.3 cm³/mol. The second-order valence-corrected chi connectivity index (χ2v) is 5.68. The van der Waals surface area contributed by atoms with Gasteiger partial charge in [-0.1, -0.05) is 36.4 Å². The third kappa shape index (κ3) is 2.48. The highest BCUT2D eigenvalue weighted by molar-refractivity contribution is 6.12. The van der Waals surface area contributed by atoms with Gasteiger partial charge in [-0.3, -0.25) is 19.9 Å². The molecule has 4 heteroatoms. The summed E-state index contributed by atoms with van der Waals surface area (Å²) in [6.07, 6.45) is 8.67. The Morgan fingerprint density at radius 3 is 2.96 bits per heavy atom. The summed E-state index contributed by atoms with van der Waals surface area (Å²) < 4.78 is 0. The molecule has 1 aliphatic heterocycles. The van der Waals surface area contributed by atoms with Gasteiger partial charge >= 0.3 is 0 Å². The SMILES string of the molecule is O=C1CC2=CC(=Cc3cccc4ncccc34)CC=C2C(=O)N1. The predicted octanol–water partition coefficient (Wildman–Crippen LogP) is 2.92. The number of nitrogens with one attached hydrogen (secondary N) is 1. The number of fused-ring (bicyclic) bond motifs is 2. The van der Waals surface area contributed by atoms with Crippen LogP contribution >= 0.6 is 0 Å². The van der Waals surface area contributed by atoms with E-state index in [-0.39, 0.29) is 18.2 Å². The minimum absolute atomic E-state index is 0.242. The number of benzene rings is 1. The van der Waals surface area contributed by atoms with Crippen molar-refractivity contribution in [3.8, 4) is 0 Å². The monoisotopic (exact) mass is 302 g/mol. The van der Waals surface area contributed by atoms with Gasteiger partial charge in [0.2, 0.25) is 5.91 Å². The van der Waals surface area contributed by atoms with Crippen LogP contribution < -0.4 is 5.32 Å². The second-order valence-electron chi connectivity index (χ2n) is 5.68. The van der Waals surface area contributed by atoms with Crippen LogP contribution in [-0.2, 0) is 9.59 Å². The topological polar surface area (TPSA) is 59.1 Å². The van der Waals surface area contributed by atoms with Gasteiger partial charge in [0, 0.05) is 17.2 Å². The van der Waals surface area contributed by atoms with Crippen molar-refractivity contribution in [1.29, 1.82) is 0 Å². The minimum atomic E-state index is -0.291. The largest absolute Gasteiger partial charge is 0.292 e. The summed E-state index contributed by atoms with van der Waals surface area (Å²) in [6.45, 7) is 0. The molecule has 2 aromatic rings. The average Bonchev–Trinajstić information content (AvgIpc) is 2.55. The Morgan fingerprint density at radius 2 is 2.04 bits per heavy atom. The molecule has 1 fully saturated rings. The maximum atomic E-state index is 11.8. The van der Waals surface area contributed by atoms with Crippen molar-refractivity contribution in [2.24, 2.45) is 0 Å². The Morgan fingerprint density at radius 1 is 1.13 bits per heavy atom. The number of piperidine rings is 1. The van der Waals surface area contributed by atoms with E-state index < -0.39 is 0 Å².